The van der Waals surface area contributed by atoms with Crippen LogP contribution in [0.15, 0.2) is 0 Å². The third-order valence-corrected chi connectivity index (χ3v) is 1.20. The Morgan fingerprint density at radius 1 is 1.21 bits per heavy atom. The largest absolute Gasteiger partial charge is 0.352 e. The number of nitrogens with two attached hydrogens (primary N) is 1. The average Bonchev–Trinajstić information content (AvgIpc) is 2.11. The van der Waals surface area contributed by atoms with Gasteiger partial charge in [0.2, 0.25) is 5.91 Å². The van der Waals surface area contributed by atoms with Crippen LogP contribution in [-0.2, 0) is 14.4 Å². The van der Waals surface area contributed by atoms with Gasteiger partial charge in [-0.25, -0.2) is 5.84 Å². The Morgan fingerprint density at radius 2 is 1.79 bits per heavy atom. The first-order valence-corrected chi connectivity index (χ1v) is 4.05. The van der Waals surface area contributed by atoms with Crippen molar-refractivity contribution in [3.8, 4) is 0 Å². The van der Waals surface area contributed by atoms with Crippen molar-refractivity contribution in [1.82, 2.24) is 16.1 Å². The molecule has 14 heavy (non-hydrogen) atoms. The highest BCUT2D eigenvalue weighted by Crippen LogP contribution is 1.75. The van der Waals surface area contributed by atoms with E-state index >= 15 is 0 Å². The Labute approximate surface area is 81.4 Å². The van der Waals surface area contributed by atoms with Crippen LogP contribution >= 0.6 is 0 Å². The number of hydrogen-bond acceptors (Lipinski definition) is 4. The zero-order chi connectivity index (χ0) is 11.1. The van der Waals surface area contributed by atoms with Crippen LogP contribution in [0.3, 0.4) is 0 Å². The van der Waals surface area contributed by atoms with Crippen molar-refractivity contribution in [2.75, 3.05) is 6.54 Å². The summed E-state index contributed by atoms with van der Waals surface area (Å²) in [6.07, 6.45) is 0. The molecule has 7 nitrogen and oxygen atoms in total. The van der Waals surface area contributed by atoms with Crippen LogP contribution in [-0.4, -0.2) is 30.3 Å². The summed E-state index contributed by atoms with van der Waals surface area (Å²) in [5.41, 5.74) is 1.65. The number of hydrazine groups is 1. The predicted octanol–water partition coefficient (Wildman–Crippen LogP) is -2.38. The first-order chi connectivity index (χ1) is 6.47. The summed E-state index contributed by atoms with van der Waals surface area (Å²) in [5.74, 6) is 2.41. The van der Waals surface area contributed by atoms with Crippen LogP contribution in [0.5, 0.6) is 0 Å². The number of hydrogen-bond donors (Lipinski definition) is 4. The second-order valence-electron chi connectivity index (χ2n) is 2.88. The third-order valence-electron chi connectivity index (χ3n) is 1.20. The predicted molar refractivity (Wildman–Crippen MR) is 48.6 cm³/mol. The molecule has 0 spiro atoms. The van der Waals surface area contributed by atoms with Gasteiger partial charge in [0.1, 0.15) is 0 Å². The normalized spacial score (nSPS) is 9.43. The van der Waals surface area contributed by atoms with E-state index in [1.807, 2.05) is 0 Å². The fourth-order valence-electron chi connectivity index (χ4n) is 0.679. The molecule has 0 saturated carbocycles. The molecule has 0 heterocycles. The van der Waals surface area contributed by atoms with E-state index in [0.29, 0.717) is 0 Å². The number of nitrogens with one attached hydrogen (secondary N) is 3. The number of amides is 3. The molecule has 3 amide bonds. The molecule has 0 unspecified atom stereocenters. The lowest BCUT2D eigenvalue weighted by molar-refractivity contribution is -0.139. The molecule has 7 heteroatoms. The summed E-state index contributed by atoms with van der Waals surface area (Å²) < 4.78 is 0. The third kappa shape index (κ3) is 5.09. The van der Waals surface area contributed by atoms with Crippen molar-refractivity contribution >= 4 is 17.7 Å². The van der Waals surface area contributed by atoms with Gasteiger partial charge in [-0.1, -0.05) is 0 Å². The van der Waals surface area contributed by atoms with Gasteiger partial charge in [0.05, 0.1) is 6.54 Å². The van der Waals surface area contributed by atoms with Crippen molar-refractivity contribution in [1.29, 1.82) is 0 Å². The minimum atomic E-state index is -0.984. The number of carbonyl (C=O) groups is 3. The first-order valence-electron chi connectivity index (χ1n) is 4.05. The zero-order valence-corrected chi connectivity index (χ0v) is 8.09. The molecular weight excluding hydrogens is 188 g/mol. The fourth-order valence-corrected chi connectivity index (χ4v) is 0.679. The molecular formula is C7H14N4O3. The SMILES string of the molecule is CC(C)NC(=O)CNC(=O)C(=O)NN. The Morgan fingerprint density at radius 3 is 2.21 bits per heavy atom. The van der Waals surface area contributed by atoms with Gasteiger partial charge < -0.3 is 10.6 Å². The average molecular weight is 202 g/mol. The first kappa shape index (κ1) is 12.4. The van der Waals surface area contributed by atoms with Crippen LogP contribution in [0.2, 0.25) is 0 Å². The molecule has 0 fully saturated rings. The van der Waals surface area contributed by atoms with Gasteiger partial charge in [0.15, 0.2) is 0 Å². The summed E-state index contributed by atoms with van der Waals surface area (Å²) in [7, 11) is 0. The van der Waals surface area contributed by atoms with Gasteiger partial charge in [0.25, 0.3) is 0 Å². The minimum Gasteiger partial charge on any atom is -0.352 e. The fraction of sp³-hybridized carbons (Fsp3) is 0.571. The summed E-state index contributed by atoms with van der Waals surface area (Å²) in [6, 6.07) is -0.0114. The van der Waals surface area contributed by atoms with Crippen molar-refractivity contribution < 1.29 is 14.4 Å². The van der Waals surface area contributed by atoms with Crippen molar-refractivity contribution in [2.45, 2.75) is 19.9 Å². The Hall–Kier alpha value is -1.63. The summed E-state index contributed by atoms with van der Waals surface area (Å²) in [4.78, 5) is 32.3. The topological polar surface area (TPSA) is 113 Å². The van der Waals surface area contributed by atoms with E-state index in [4.69, 9.17) is 5.84 Å². The monoisotopic (exact) mass is 202 g/mol. The summed E-state index contributed by atoms with van der Waals surface area (Å²) in [5, 5.41) is 4.63. The second-order valence-corrected chi connectivity index (χ2v) is 2.88. The molecule has 5 N–H and O–H groups in total. The lowest BCUT2D eigenvalue weighted by Crippen LogP contribution is -2.47. The smallest absolute Gasteiger partial charge is 0.323 e. The molecule has 0 radical (unpaired) electrons. The maximum atomic E-state index is 11.0. The molecule has 0 aliphatic rings. The molecule has 0 bridgehead atoms. The van der Waals surface area contributed by atoms with E-state index in [1.54, 1.807) is 19.3 Å². The van der Waals surface area contributed by atoms with Gasteiger partial charge in [-0.2, -0.15) is 0 Å². The maximum Gasteiger partial charge on any atom is 0.323 e. The molecule has 80 valence electrons. The Balaban J connectivity index is 3.78. The minimum absolute atomic E-state index is 0.0114. The Kier molecular flexibility index (Phi) is 5.23. The molecule has 0 saturated heterocycles. The molecule has 0 aliphatic carbocycles. The lowest BCUT2D eigenvalue weighted by atomic mass is 10.4. The highest BCUT2D eigenvalue weighted by atomic mass is 16.2. The van der Waals surface area contributed by atoms with Crippen LogP contribution in [0.25, 0.3) is 0 Å². The molecule has 0 aromatic heterocycles. The Bertz CT molecular complexity index is 239. The van der Waals surface area contributed by atoms with E-state index < -0.39 is 11.8 Å². The van der Waals surface area contributed by atoms with Crippen LogP contribution < -0.4 is 21.9 Å². The molecule has 0 aromatic carbocycles. The van der Waals surface area contributed by atoms with E-state index in [2.05, 4.69) is 10.6 Å². The molecule has 0 rings (SSSR count). The maximum absolute atomic E-state index is 11.0. The van der Waals surface area contributed by atoms with E-state index in [9.17, 15) is 14.4 Å². The van der Waals surface area contributed by atoms with Crippen LogP contribution in [0.1, 0.15) is 13.8 Å². The second kappa shape index (κ2) is 5.92. The van der Waals surface area contributed by atoms with Crippen LogP contribution in [0.4, 0.5) is 0 Å². The summed E-state index contributed by atoms with van der Waals surface area (Å²) in [6.45, 7) is 3.32. The highest BCUT2D eigenvalue weighted by molar-refractivity contribution is 6.35. The van der Waals surface area contributed by atoms with E-state index in [1.165, 1.54) is 0 Å². The van der Waals surface area contributed by atoms with Crippen molar-refractivity contribution in [2.24, 2.45) is 5.84 Å². The number of carbonyl (C=O) groups excluding carboxylic acids is 3. The van der Waals surface area contributed by atoms with Gasteiger partial charge in [-0.3, -0.25) is 19.8 Å². The lowest BCUT2D eigenvalue weighted by Gasteiger charge is -2.08. The highest BCUT2D eigenvalue weighted by Gasteiger charge is 2.12. The number of rotatable bonds is 3. The van der Waals surface area contributed by atoms with E-state index in [0.717, 1.165) is 0 Å². The zero-order valence-electron chi connectivity index (χ0n) is 8.09. The molecule has 0 aromatic rings. The molecule has 0 aliphatic heterocycles. The van der Waals surface area contributed by atoms with Crippen molar-refractivity contribution in [3.05, 3.63) is 0 Å². The van der Waals surface area contributed by atoms with Gasteiger partial charge >= 0.3 is 11.8 Å². The van der Waals surface area contributed by atoms with Gasteiger partial charge in [-0.05, 0) is 13.8 Å². The standard InChI is InChI=1S/C7H14N4O3/c1-4(2)10-5(12)3-9-6(13)7(14)11-8/h4H,3,8H2,1-2H3,(H,9,13)(H,10,12)(H,11,14). The van der Waals surface area contributed by atoms with Crippen LogP contribution in [0, 0.1) is 0 Å². The van der Waals surface area contributed by atoms with Crippen molar-refractivity contribution in [3.63, 3.8) is 0 Å². The quantitative estimate of drug-likeness (QED) is 0.177. The van der Waals surface area contributed by atoms with E-state index in [-0.39, 0.29) is 18.5 Å². The molecule has 0 atom stereocenters. The van der Waals surface area contributed by atoms with Gasteiger partial charge in [-0.15, -0.1) is 0 Å². The summed E-state index contributed by atoms with van der Waals surface area (Å²) >= 11 is 0. The van der Waals surface area contributed by atoms with Gasteiger partial charge in [0, 0.05) is 6.04 Å².